The lowest BCUT2D eigenvalue weighted by Gasteiger charge is -2.14. The Hall–Kier alpha value is -1.85. The number of ether oxygens (including phenoxy) is 1. The van der Waals surface area contributed by atoms with E-state index >= 15 is 0 Å². The summed E-state index contributed by atoms with van der Waals surface area (Å²) < 4.78 is 19.1. The van der Waals surface area contributed by atoms with Gasteiger partial charge in [-0.15, -0.1) is 0 Å². The lowest BCUT2D eigenvalue weighted by atomic mass is 9.80. The summed E-state index contributed by atoms with van der Waals surface area (Å²) in [6.07, 6.45) is 0. The van der Waals surface area contributed by atoms with E-state index in [0.29, 0.717) is 12.4 Å². The molecule has 0 bridgehead atoms. The molecular weight excluding hydrogens is 258 g/mol. The molecule has 5 heteroatoms. The minimum atomic E-state index is -1.81. The Kier molecular flexibility index (Phi) is 4.77. The smallest absolute Gasteiger partial charge is 0.491 e. The fraction of sp³-hybridized carbons (Fsp3) is 0.200. The van der Waals surface area contributed by atoms with Crippen molar-refractivity contribution in [1.29, 1.82) is 0 Å². The molecule has 1 atom stereocenters. The third-order valence-corrected chi connectivity index (χ3v) is 3.12. The van der Waals surface area contributed by atoms with Crippen LogP contribution in [0.25, 0.3) is 0 Å². The first kappa shape index (κ1) is 14.6. The fourth-order valence-corrected chi connectivity index (χ4v) is 1.91. The molecule has 20 heavy (non-hydrogen) atoms. The Morgan fingerprint density at radius 1 is 1.15 bits per heavy atom. The van der Waals surface area contributed by atoms with Crippen molar-refractivity contribution >= 4 is 12.6 Å². The quantitative estimate of drug-likeness (QED) is 0.816. The molecule has 104 valence electrons. The topological polar surface area (TPSA) is 49.7 Å². The SMILES string of the molecule is C[C@H](COc1ccc(B(O)O)c(F)c1)c1ccccc1. The molecule has 0 radical (unpaired) electrons. The zero-order valence-corrected chi connectivity index (χ0v) is 11.2. The fourth-order valence-electron chi connectivity index (χ4n) is 1.91. The average molecular weight is 274 g/mol. The van der Waals surface area contributed by atoms with Crippen LogP contribution >= 0.6 is 0 Å². The normalized spacial score (nSPS) is 12.0. The van der Waals surface area contributed by atoms with Gasteiger partial charge >= 0.3 is 7.12 Å². The zero-order valence-electron chi connectivity index (χ0n) is 11.2. The molecule has 0 aliphatic heterocycles. The number of hydrogen-bond acceptors (Lipinski definition) is 3. The second-order valence-corrected chi connectivity index (χ2v) is 4.68. The van der Waals surface area contributed by atoms with Crippen LogP contribution in [0, 0.1) is 5.82 Å². The van der Waals surface area contributed by atoms with Crippen molar-refractivity contribution in [1.82, 2.24) is 0 Å². The van der Waals surface area contributed by atoms with Gasteiger partial charge in [0.05, 0.1) is 6.61 Å². The van der Waals surface area contributed by atoms with Crippen molar-refractivity contribution in [3.8, 4) is 5.75 Å². The average Bonchev–Trinajstić information content (AvgIpc) is 2.45. The summed E-state index contributed by atoms with van der Waals surface area (Å²) in [5.41, 5.74) is 0.990. The maximum absolute atomic E-state index is 13.5. The minimum absolute atomic E-state index is 0.159. The molecule has 0 saturated carbocycles. The van der Waals surface area contributed by atoms with Crippen LogP contribution in [0.1, 0.15) is 18.4 Å². The Balaban J connectivity index is 1.99. The molecule has 0 fully saturated rings. The monoisotopic (exact) mass is 274 g/mol. The molecule has 2 N–H and O–H groups in total. The van der Waals surface area contributed by atoms with Gasteiger partial charge in [0.25, 0.3) is 0 Å². The van der Waals surface area contributed by atoms with E-state index in [2.05, 4.69) is 0 Å². The van der Waals surface area contributed by atoms with Crippen LogP contribution in [-0.4, -0.2) is 23.8 Å². The van der Waals surface area contributed by atoms with Crippen LogP contribution in [0.15, 0.2) is 48.5 Å². The van der Waals surface area contributed by atoms with Crippen LogP contribution in [0.3, 0.4) is 0 Å². The highest BCUT2D eigenvalue weighted by atomic mass is 19.1. The van der Waals surface area contributed by atoms with Crippen LogP contribution in [0.2, 0.25) is 0 Å². The summed E-state index contributed by atoms with van der Waals surface area (Å²) in [6, 6.07) is 13.9. The van der Waals surface area contributed by atoms with E-state index in [1.165, 1.54) is 12.1 Å². The molecular formula is C15H16BFO3. The van der Waals surface area contributed by atoms with Gasteiger partial charge in [0, 0.05) is 17.4 Å². The first-order chi connectivity index (χ1) is 9.58. The molecule has 0 spiro atoms. The molecule has 0 aromatic heterocycles. The molecule has 0 amide bonds. The Bertz CT molecular complexity index is 560. The zero-order chi connectivity index (χ0) is 14.5. The molecule has 0 saturated heterocycles. The predicted octanol–water partition coefficient (Wildman–Crippen LogP) is 1.69. The molecule has 3 nitrogen and oxygen atoms in total. The van der Waals surface area contributed by atoms with Gasteiger partial charge < -0.3 is 14.8 Å². The van der Waals surface area contributed by atoms with Crippen LogP contribution in [0.4, 0.5) is 4.39 Å². The lowest BCUT2D eigenvalue weighted by Crippen LogP contribution is -2.32. The molecule has 0 aliphatic carbocycles. The van der Waals surface area contributed by atoms with Gasteiger partial charge in [0.1, 0.15) is 11.6 Å². The molecule has 2 rings (SSSR count). The largest absolute Gasteiger partial charge is 0.493 e. The van der Waals surface area contributed by atoms with Gasteiger partial charge in [-0.25, -0.2) is 4.39 Å². The summed E-state index contributed by atoms with van der Waals surface area (Å²) in [7, 11) is -1.81. The maximum atomic E-state index is 13.5. The molecule has 0 heterocycles. The summed E-state index contributed by atoms with van der Waals surface area (Å²) in [5.74, 6) is -0.137. The number of halogens is 1. The van der Waals surface area contributed by atoms with Gasteiger partial charge in [-0.1, -0.05) is 43.3 Å². The van der Waals surface area contributed by atoms with E-state index in [-0.39, 0.29) is 11.4 Å². The Morgan fingerprint density at radius 2 is 1.85 bits per heavy atom. The van der Waals surface area contributed by atoms with E-state index in [1.807, 2.05) is 37.3 Å². The first-order valence-corrected chi connectivity index (χ1v) is 6.41. The van der Waals surface area contributed by atoms with E-state index in [1.54, 1.807) is 0 Å². The molecule has 0 unspecified atom stereocenters. The van der Waals surface area contributed by atoms with E-state index in [0.717, 1.165) is 11.6 Å². The van der Waals surface area contributed by atoms with Crippen LogP contribution < -0.4 is 10.2 Å². The van der Waals surface area contributed by atoms with Gasteiger partial charge in [-0.05, 0) is 11.6 Å². The van der Waals surface area contributed by atoms with E-state index < -0.39 is 12.9 Å². The third kappa shape index (κ3) is 3.59. The highest BCUT2D eigenvalue weighted by Crippen LogP contribution is 2.18. The van der Waals surface area contributed by atoms with Gasteiger partial charge in [0.2, 0.25) is 0 Å². The van der Waals surface area contributed by atoms with Gasteiger partial charge in [0.15, 0.2) is 0 Å². The Labute approximate surface area is 117 Å². The van der Waals surface area contributed by atoms with Crippen LogP contribution in [-0.2, 0) is 0 Å². The number of hydrogen-bond donors (Lipinski definition) is 2. The molecule has 0 aliphatic rings. The van der Waals surface area contributed by atoms with E-state index in [4.69, 9.17) is 14.8 Å². The number of rotatable bonds is 5. The highest BCUT2D eigenvalue weighted by molar-refractivity contribution is 6.58. The summed E-state index contributed by atoms with van der Waals surface area (Å²) in [5, 5.41) is 17.9. The van der Waals surface area contributed by atoms with Crippen LogP contribution in [0.5, 0.6) is 5.75 Å². The third-order valence-electron chi connectivity index (χ3n) is 3.12. The summed E-state index contributed by atoms with van der Waals surface area (Å²) in [6.45, 7) is 2.45. The summed E-state index contributed by atoms with van der Waals surface area (Å²) in [4.78, 5) is 0. The van der Waals surface area contributed by atoms with Gasteiger partial charge in [-0.2, -0.15) is 0 Å². The summed E-state index contributed by atoms with van der Waals surface area (Å²) >= 11 is 0. The van der Waals surface area contributed by atoms with Gasteiger partial charge in [-0.3, -0.25) is 0 Å². The number of benzene rings is 2. The Morgan fingerprint density at radius 3 is 2.45 bits per heavy atom. The van der Waals surface area contributed by atoms with Crippen molar-refractivity contribution in [3.05, 3.63) is 59.9 Å². The minimum Gasteiger partial charge on any atom is -0.493 e. The second-order valence-electron chi connectivity index (χ2n) is 4.68. The molecule has 2 aromatic carbocycles. The predicted molar refractivity (Wildman–Crippen MR) is 76.6 cm³/mol. The standard InChI is InChI=1S/C15H16BFO3/c1-11(12-5-3-2-4-6-12)10-20-13-7-8-14(16(18)19)15(17)9-13/h2-9,11,18-19H,10H2,1H3/t11-/m1/s1. The van der Waals surface area contributed by atoms with Crippen molar-refractivity contribution in [3.63, 3.8) is 0 Å². The first-order valence-electron chi connectivity index (χ1n) is 6.41. The lowest BCUT2D eigenvalue weighted by molar-refractivity contribution is 0.294. The van der Waals surface area contributed by atoms with Crippen molar-refractivity contribution < 1.29 is 19.2 Å². The maximum Gasteiger partial charge on any atom is 0.491 e. The second kappa shape index (κ2) is 6.54. The van der Waals surface area contributed by atoms with Crippen molar-refractivity contribution in [2.45, 2.75) is 12.8 Å². The molecule has 2 aromatic rings. The van der Waals surface area contributed by atoms with E-state index in [9.17, 15) is 4.39 Å². The van der Waals surface area contributed by atoms with Crippen molar-refractivity contribution in [2.24, 2.45) is 0 Å². The highest BCUT2D eigenvalue weighted by Gasteiger charge is 2.17. The van der Waals surface area contributed by atoms with Crippen molar-refractivity contribution in [2.75, 3.05) is 6.61 Å².